The molecule has 1 amide bonds. The molecule has 0 N–H and O–H groups in total. The molecule has 0 radical (unpaired) electrons. The quantitative estimate of drug-likeness (QED) is 0.280. The monoisotopic (exact) mass is 449 g/mol. The normalized spacial score (nSPS) is 17.2. The van der Waals surface area contributed by atoms with Gasteiger partial charge in [-0.1, -0.05) is 70.0 Å². The summed E-state index contributed by atoms with van der Waals surface area (Å²) >= 11 is 6.60. The van der Waals surface area contributed by atoms with Gasteiger partial charge in [-0.2, -0.15) is 0 Å². The Labute approximate surface area is 195 Å². The second kappa shape index (κ2) is 11.7. The van der Waals surface area contributed by atoms with E-state index in [9.17, 15) is 4.79 Å². The van der Waals surface area contributed by atoms with Crippen molar-refractivity contribution in [1.29, 1.82) is 0 Å². The van der Waals surface area contributed by atoms with Gasteiger partial charge in [0.2, 0.25) is 0 Å². The second-order valence-electron chi connectivity index (χ2n) is 9.74. The number of carbonyl (C=O) groups is 1. The predicted octanol–water partition coefficient (Wildman–Crippen LogP) is 6.24. The van der Waals surface area contributed by atoms with Crippen molar-refractivity contribution in [3.8, 4) is 0 Å². The smallest absolute Gasteiger partial charge is 0.399 e. The lowest BCUT2D eigenvalue weighted by molar-refractivity contribution is 0.00578. The van der Waals surface area contributed by atoms with Crippen LogP contribution in [0.15, 0.2) is 18.2 Å². The molecule has 1 saturated heterocycles. The van der Waals surface area contributed by atoms with Crippen LogP contribution in [0.5, 0.6) is 0 Å². The molecule has 1 aromatic carbocycles. The highest BCUT2D eigenvalue weighted by atomic mass is 35.5. The number of carbonyl (C=O) groups excluding carboxylic acids is 1. The molecule has 1 aliphatic rings. The molecule has 0 atom stereocenters. The Balaban J connectivity index is 2.11. The first-order chi connectivity index (χ1) is 14.6. The van der Waals surface area contributed by atoms with Crippen LogP contribution in [0, 0.1) is 0 Å². The van der Waals surface area contributed by atoms with Crippen molar-refractivity contribution in [2.24, 2.45) is 0 Å². The van der Waals surface area contributed by atoms with Crippen molar-refractivity contribution in [3.05, 3.63) is 28.8 Å². The SMILES string of the molecule is CCCCCCN(CCCCCC)C(=O)c1ccc(B2OC(C)(C)C(C)(C)O2)cc1Cl. The van der Waals surface area contributed by atoms with Crippen LogP contribution in [0.4, 0.5) is 0 Å². The minimum absolute atomic E-state index is 0.0264. The summed E-state index contributed by atoms with van der Waals surface area (Å²) in [6.45, 7) is 14.1. The summed E-state index contributed by atoms with van der Waals surface area (Å²) in [4.78, 5) is 15.3. The number of halogens is 1. The number of rotatable bonds is 12. The molecule has 0 aliphatic carbocycles. The van der Waals surface area contributed by atoms with E-state index in [0.29, 0.717) is 10.6 Å². The summed E-state index contributed by atoms with van der Waals surface area (Å²) in [6, 6.07) is 5.56. The van der Waals surface area contributed by atoms with Gasteiger partial charge in [-0.05, 0) is 58.1 Å². The molecular formula is C25H41BClNO3. The molecule has 4 nitrogen and oxygen atoms in total. The van der Waals surface area contributed by atoms with Crippen molar-refractivity contribution >= 4 is 30.1 Å². The van der Waals surface area contributed by atoms with E-state index in [0.717, 1.165) is 44.2 Å². The Morgan fingerprint density at radius 1 is 0.903 bits per heavy atom. The molecule has 0 spiro atoms. The van der Waals surface area contributed by atoms with Crippen molar-refractivity contribution in [3.63, 3.8) is 0 Å². The van der Waals surface area contributed by atoms with Gasteiger partial charge in [-0.3, -0.25) is 4.79 Å². The number of nitrogens with zero attached hydrogens (tertiary/aromatic N) is 1. The largest absolute Gasteiger partial charge is 0.494 e. The average molecular weight is 450 g/mol. The molecule has 0 saturated carbocycles. The Morgan fingerprint density at radius 3 is 1.87 bits per heavy atom. The predicted molar refractivity (Wildman–Crippen MR) is 131 cm³/mol. The summed E-state index contributed by atoms with van der Waals surface area (Å²) in [5.74, 6) is 0.0264. The zero-order valence-corrected chi connectivity index (χ0v) is 21.2. The van der Waals surface area contributed by atoms with Gasteiger partial charge in [0, 0.05) is 13.1 Å². The summed E-state index contributed by atoms with van der Waals surface area (Å²) in [7, 11) is -0.481. The van der Waals surface area contributed by atoms with Gasteiger partial charge in [0.25, 0.3) is 5.91 Å². The van der Waals surface area contributed by atoms with Gasteiger partial charge >= 0.3 is 7.12 Å². The Hall–Kier alpha value is -1.04. The number of unbranched alkanes of at least 4 members (excludes halogenated alkanes) is 6. The molecule has 1 aliphatic heterocycles. The standard InChI is InChI=1S/C25H41BClNO3/c1-7-9-11-13-17-28(18-14-12-10-8-2)23(29)21-16-15-20(19-22(21)27)26-30-24(3,4)25(5,6)31-26/h15-16,19H,7-14,17-18H2,1-6H3. The van der Waals surface area contributed by atoms with Gasteiger partial charge in [0.1, 0.15) is 0 Å². The van der Waals surface area contributed by atoms with Crippen LogP contribution in [0.2, 0.25) is 5.02 Å². The zero-order valence-electron chi connectivity index (χ0n) is 20.4. The topological polar surface area (TPSA) is 38.8 Å². The van der Waals surface area contributed by atoms with Crippen LogP contribution in [0.25, 0.3) is 0 Å². The highest BCUT2D eigenvalue weighted by Crippen LogP contribution is 2.36. The first kappa shape index (κ1) is 26.2. The van der Waals surface area contributed by atoms with Crippen LogP contribution in [0.1, 0.15) is 103 Å². The van der Waals surface area contributed by atoms with Crippen LogP contribution in [0.3, 0.4) is 0 Å². The van der Waals surface area contributed by atoms with E-state index < -0.39 is 18.3 Å². The van der Waals surface area contributed by atoms with E-state index in [1.807, 2.05) is 50.8 Å². The average Bonchev–Trinajstić information content (AvgIpc) is 2.93. The second-order valence-corrected chi connectivity index (χ2v) is 10.1. The molecule has 174 valence electrons. The molecule has 6 heteroatoms. The van der Waals surface area contributed by atoms with Crippen LogP contribution >= 0.6 is 11.6 Å². The Bertz CT molecular complexity index is 695. The fourth-order valence-corrected chi connectivity index (χ4v) is 4.04. The van der Waals surface area contributed by atoms with Crippen LogP contribution in [-0.2, 0) is 9.31 Å². The van der Waals surface area contributed by atoms with Crippen LogP contribution in [-0.4, -0.2) is 42.2 Å². The molecule has 31 heavy (non-hydrogen) atoms. The van der Waals surface area contributed by atoms with E-state index in [4.69, 9.17) is 20.9 Å². The highest BCUT2D eigenvalue weighted by Gasteiger charge is 2.51. The fraction of sp³-hybridized carbons (Fsp3) is 0.720. The minimum atomic E-state index is -0.481. The van der Waals surface area contributed by atoms with Gasteiger partial charge in [-0.15, -0.1) is 0 Å². The van der Waals surface area contributed by atoms with E-state index in [1.165, 1.54) is 25.7 Å². The lowest BCUT2D eigenvalue weighted by Gasteiger charge is -2.32. The van der Waals surface area contributed by atoms with E-state index in [1.54, 1.807) is 0 Å². The van der Waals surface area contributed by atoms with Crippen molar-refractivity contribution in [1.82, 2.24) is 4.90 Å². The first-order valence-corrected chi connectivity index (χ1v) is 12.4. The molecule has 1 aromatic rings. The molecule has 1 heterocycles. The van der Waals surface area contributed by atoms with E-state index in [-0.39, 0.29) is 5.91 Å². The summed E-state index contributed by atoms with van der Waals surface area (Å²) in [5, 5.41) is 0.462. The van der Waals surface area contributed by atoms with Crippen molar-refractivity contribution in [2.45, 2.75) is 104 Å². The maximum atomic E-state index is 13.3. The summed E-state index contributed by atoms with van der Waals surface area (Å²) < 4.78 is 12.3. The fourth-order valence-electron chi connectivity index (χ4n) is 3.77. The third-order valence-electron chi connectivity index (χ3n) is 6.60. The first-order valence-electron chi connectivity index (χ1n) is 12.1. The van der Waals surface area contributed by atoms with Gasteiger partial charge in [-0.25, -0.2) is 0 Å². The molecule has 1 fully saturated rings. The number of hydrogen-bond acceptors (Lipinski definition) is 3. The Morgan fingerprint density at radius 2 is 1.42 bits per heavy atom. The molecule has 0 aromatic heterocycles. The van der Waals surface area contributed by atoms with Gasteiger partial charge in [0.05, 0.1) is 21.8 Å². The molecular weight excluding hydrogens is 409 g/mol. The molecule has 0 unspecified atom stereocenters. The number of amides is 1. The lowest BCUT2D eigenvalue weighted by atomic mass is 9.79. The highest BCUT2D eigenvalue weighted by molar-refractivity contribution is 6.62. The van der Waals surface area contributed by atoms with E-state index >= 15 is 0 Å². The Kier molecular flexibility index (Phi) is 9.91. The summed E-state index contributed by atoms with van der Waals surface area (Å²) in [5.41, 5.74) is 0.587. The van der Waals surface area contributed by atoms with Gasteiger partial charge < -0.3 is 14.2 Å². The minimum Gasteiger partial charge on any atom is -0.399 e. The van der Waals surface area contributed by atoms with Crippen LogP contribution < -0.4 is 5.46 Å². The third-order valence-corrected chi connectivity index (χ3v) is 6.91. The maximum Gasteiger partial charge on any atom is 0.494 e. The zero-order chi connectivity index (χ0) is 23.1. The molecule has 0 bridgehead atoms. The number of hydrogen-bond donors (Lipinski definition) is 0. The van der Waals surface area contributed by atoms with Crippen molar-refractivity contribution < 1.29 is 14.1 Å². The van der Waals surface area contributed by atoms with Crippen molar-refractivity contribution in [2.75, 3.05) is 13.1 Å². The van der Waals surface area contributed by atoms with Gasteiger partial charge in [0.15, 0.2) is 0 Å². The number of benzene rings is 1. The third kappa shape index (κ3) is 6.97. The lowest BCUT2D eigenvalue weighted by Crippen LogP contribution is -2.41. The summed E-state index contributed by atoms with van der Waals surface area (Å²) in [6.07, 6.45) is 9.19. The van der Waals surface area contributed by atoms with E-state index in [2.05, 4.69) is 13.8 Å². The maximum absolute atomic E-state index is 13.3. The molecule has 2 rings (SSSR count).